The van der Waals surface area contributed by atoms with Crippen molar-refractivity contribution in [2.24, 2.45) is 26.8 Å². The maximum absolute atomic E-state index is 13.7. The standard InChI is InChI=1S/C24H30N4O/c1-16-10-20(17-8-6-5-7-9-17)28-21(26-16)19(13-25-28)22(29)27-15-24(4)12-18(27)11-23(2,3)14-24/h5-10,13,18-19,21H,11-12,14-15H2,1-4H3. The summed E-state index contributed by atoms with van der Waals surface area (Å²) in [5.41, 5.74) is 3.59. The van der Waals surface area contributed by atoms with E-state index < -0.39 is 0 Å². The molecule has 1 aliphatic carbocycles. The Morgan fingerprint density at radius 1 is 1.14 bits per heavy atom. The van der Waals surface area contributed by atoms with E-state index in [0.717, 1.165) is 36.4 Å². The highest BCUT2D eigenvalue weighted by Gasteiger charge is 2.53. The number of rotatable bonds is 2. The molecule has 3 aliphatic heterocycles. The van der Waals surface area contributed by atoms with Gasteiger partial charge in [-0.1, -0.05) is 51.1 Å². The van der Waals surface area contributed by atoms with Crippen LogP contribution in [-0.2, 0) is 4.79 Å². The predicted octanol–water partition coefficient (Wildman–Crippen LogP) is 4.17. The van der Waals surface area contributed by atoms with Gasteiger partial charge in [-0.25, -0.2) is 5.01 Å². The third-order valence-corrected chi connectivity index (χ3v) is 6.90. The first-order valence-corrected chi connectivity index (χ1v) is 10.7. The summed E-state index contributed by atoms with van der Waals surface area (Å²) >= 11 is 0. The number of carbonyl (C=O) groups excluding carboxylic acids is 1. The van der Waals surface area contributed by atoms with Gasteiger partial charge in [-0.2, -0.15) is 5.10 Å². The van der Waals surface area contributed by atoms with Gasteiger partial charge in [0.1, 0.15) is 5.92 Å². The molecule has 2 fully saturated rings. The molecule has 0 N–H and O–H groups in total. The SMILES string of the molecule is CC1=NC2C(C(=O)N3CC4(C)CC3CC(C)(C)C4)C=NN2C(c2ccccc2)=C1. The van der Waals surface area contributed by atoms with Crippen LogP contribution in [0.15, 0.2) is 46.5 Å². The number of hydrazone groups is 1. The van der Waals surface area contributed by atoms with Crippen LogP contribution in [0, 0.1) is 16.7 Å². The monoisotopic (exact) mass is 390 g/mol. The zero-order chi connectivity index (χ0) is 20.4. The van der Waals surface area contributed by atoms with E-state index in [0.29, 0.717) is 11.5 Å². The van der Waals surface area contributed by atoms with Gasteiger partial charge in [-0.3, -0.25) is 9.79 Å². The summed E-state index contributed by atoms with van der Waals surface area (Å²) in [6.45, 7) is 9.90. The smallest absolute Gasteiger partial charge is 0.235 e. The Balaban J connectivity index is 1.41. The van der Waals surface area contributed by atoms with E-state index in [1.807, 2.05) is 36.3 Å². The van der Waals surface area contributed by atoms with Crippen molar-refractivity contribution in [2.45, 2.75) is 59.2 Å². The molecule has 5 nitrogen and oxygen atoms in total. The van der Waals surface area contributed by atoms with Crippen molar-refractivity contribution in [1.82, 2.24) is 9.91 Å². The van der Waals surface area contributed by atoms with E-state index in [-0.39, 0.29) is 23.4 Å². The lowest BCUT2D eigenvalue weighted by atomic mass is 9.65. The molecule has 4 aliphatic rings. The number of aliphatic imine (C=N–C) groups is 1. The average molecular weight is 391 g/mol. The number of amides is 1. The van der Waals surface area contributed by atoms with Crippen LogP contribution < -0.4 is 0 Å². The van der Waals surface area contributed by atoms with Crippen LogP contribution in [0.3, 0.4) is 0 Å². The second-order valence-corrected chi connectivity index (χ2v) is 10.4. The molecule has 2 bridgehead atoms. The molecule has 5 heteroatoms. The van der Waals surface area contributed by atoms with Crippen LogP contribution in [0.2, 0.25) is 0 Å². The number of likely N-dealkylation sites (tertiary alicyclic amines) is 1. The van der Waals surface area contributed by atoms with Crippen LogP contribution >= 0.6 is 0 Å². The minimum atomic E-state index is -0.316. The molecule has 1 saturated carbocycles. The summed E-state index contributed by atoms with van der Waals surface area (Å²) in [6, 6.07) is 10.6. The van der Waals surface area contributed by atoms with E-state index in [1.165, 1.54) is 6.42 Å². The Kier molecular flexibility index (Phi) is 4.03. The van der Waals surface area contributed by atoms with E-state index in [1.54, 1.807) is 0 Å². The molecule has 152 valence electrons. The topological polar surface area (TPSA) is 48.3 Å². The number of allylic oxidation sites excluding steroid dienone is 1. The quantitative estimate of drug-likeness (QED) is 0.761. The van der Waals surface area contributed by atoms with Gasteiger partial charge in [0.05, 0.1) is 5.70 Å². The molecule has 5 rings (SSSR count). The van der Waals surface area contributed by atoms with Crippen molar-refractivity contribution >= 4 is 23.5 Å². The van der Waals surface area contributed by atoms with Crippen LogP contribution in [0.1, 0.15) is 52.5 Å². The zero-order valence-electron chi connectivity index (χ0n) is 17.8. The van der Waals surface area contributed by atoms with Crippen LogP contribution in [0.25, 0.3) is 5.70 Å². The van der Waals surface area contributed by atoms with Gasteiger partial charge in [0.2, 0.25) is 5.91 Å². The Labute approximate surface area is 173 Å². The number of nitrogens with zero attached hydrogens (tertiary/aromatic N) is 4. The summed E-state index contributed by atoms with van der Waals surface area (Å²) in [7, 11) is 0. The summed E-state index contributed by atoms with van der Waals surface area (Å²) in [4.78, 5) is 20.6. The molecular formula is C24H30N4O. The molecule has 1 amide bonds. The maximum Gasteiger partial charge on any atom is 0.235 e. The van der Waals surface area contributed by atoms with Gasteiger partial charge in [0, 0.05) is 24.5 Å². The Morgan fingerprint density at radius 3 is 2.66 bits per heavy atom. The molecule has 0 spiro atoms. The molecule has 3 heterocycles. The number of hydrogen-bond donors (Lipinski definition) is 0. The summed E-state index contributed by atoms with van der Waals surface area (Å²) < 4.78 is 0. The van der Waals surface area contributed by atoms with Crippen LogP contribution in [0.4, 0.5) is 0 Å². The minimum absolute atomic E-state index is 0.193. The zero-order valence-corrected chi connectivity index (χ0v) is 17.8. The maximum atomic E-state index is 13.7. The lowest BCUT2D eigenvalue weighted by molar-refractivity contribution is -0.135. The first-order chi connectivity index (χ1) is 13.7. The van der Waals surface area contributed by atoms with Gasteiger partial charge in [-0.05, 0) is 48.7 Å². The second-order valence-electron chi connectivity index (χ2n) is 10.4. The van der Waals surface area contributed by atoms with Crippen molar-refractivity contribution in [3.8, 4) is 0 Å². The molecule has 0 radical (unpaired) electrons. The Morgan fingerprint density at radius 2 is 1.90 bits per heavy atom. The fourth-order valence-corrected chi connectivity index (χ4v) is 6.22. The van der Waals surface area contributed by atoms with Crippen molar-refractivity contribution in [2.75, 3.05) is 6.54 Å². The highest BCUT2D eigenvalue weighted by molar-refractivity contribution is 6.03. The number of carbonyl (C=O) groups is 1. The van der Waals surface area contributed by atoms with Crippen LogP contribution in [0.5, 0.6) is 0 Å². The largest absolute Gasteiger partial charge is 0.338 e. The van der Waals surface area contributed by atoms with E-state index >= 15 is 0 Å². The highest BCUT2D eigenvalue weighted by Crippen LogP contribution is 2.53. The highest BCUT2D eigenvalue weighted by atomic mass is 16.2. The Hall–Kier alpha value is -2.43. The Bertz CT molecular complexity index is 931. The fraction of sp³-hybridized carbons (Fsp3) is 0.542. The first-order valence-electron chi connectivity index (χ1n) is 10.7. The van der Waals surface area contributed by atoms with Gasteiger partial charge in [0.25, 0.3) is 0 Å². The van der Waals surface area contributed by atoms with Gasteiger partial charge in [-0.15, -0.1) is 0 Å². The molecule has 0 aromatic heterocycles. The molecule has 29 heavy (non-hydrogen) atoms. The number of hydrogen-bond acceptors (Lipinski definition) is 4. The normalized spacial score (nSPS) is 34.7. The molecular weight excluding hydrogens is 360 g/mol. The lowest BCUT2D eigenvalue weighted by Crippen LogP contribution is -2.46. The van der Waals surface area contributed by atoms with Gasteiger partial charge >= 0.3 is 0 Å². The minimum Gasteiger partial charge on any atom is -0.338 e. The van der Waals surface area contributed by atoms with Crippen molar-refractivity contribution in [1.29, 1.82) is 0 Å². The fourth-order valence-electron chi connectivity index (χ4n) is 6.22. The summed E-state index contributed by atoms with van der Waals surface area (Å²) in [6.07, 6.45) is 7.00. The molecule has 1 aromatic carbocycles. The third kappa shape index (κ3) is 3.11. The van der Waals surface area contributed by atoms with Gasteiger partial charge in [0.15, 0.2) is 6.17 Å². The molecule has 4 unspecified atom stereocenters. The predicted molar refractivity (Wildman–Crippen MR) is 116 cm³/mol. The van der Waals surface area contributed by atoms with Crippen molar-refractivity contribution < 1.29 is 4.79 Å². The number of fused-ring (bicyclic) bond motifs is 3. The molecule has 4 atom stereocenters. The summed E-state index contributed by atoms with van der Waals surface area (Å²) in [5.74, 6) is -0.123. The molecule has 1 saturated heterocycles. The van der Waals surface area contributed by atoms with Crippen molar-refractivity contribution in [3.63, 3.8) is 0 Å². The van der Waals surface area contributed by atoms with Gasteiger partial charge < -0.3 is 4.90 Å². The summed E-state index contributed by atoms with van der Waals surface area (Å²) in [5, 5.41) is 6.57. The second kappa shape index (κ2) is 6.28. The average Bonchev–Trinajstić information content (AvgIpc) is 3.18. The van der Waals surface area contributed by atoms with E-state index in [4.69, 9.17) is 4.99 Å². The van der Waals surface area contributed by atoms with E-state index in [2.05, 4.69) is 49.0 Å². The van der Waals surface area contributed by atoms with Crippen molar-refractivity contribution in [3.05, 3.63) is 42.0 Å². The van der Waals surface area contributed by atoms with Crippen LogP contribution in [-0.4, -0.2) is 46.5 Å². The number of benzene rings is 1. The molecule has 1 aromatic rings. The third-order valence-electron chi connectivity index (χ3n) is 6.90. The first kappa shape index (κ1) is 18.6. The lowest BCUT2D eigenvalue weighted by Gasteiger charge is -2.39. The van der Waals surface area contributed by atoms with E-state index in [9.17, 15) is 4.79 Å².